The lowest BCUT2D eigenvalue weighted by atomic mass is 10.0. The Bertz CT molecular complexity index is 883. The fourth-order valence-electron chi connectivity index (χ4n) is 3.19. The number of aliphatic hydroxyl groups excluding tert-OH is 1. The molecule has 1 fully saturated rings. The maximum absolute atomic E-state index is 14.4. The highest BCUT2D eigenvalue weighted by Crippen LogP contribution is 2.27. The van der Waals surface area contributed by atoms with Gasteiger partial charge in [-0.05, 0) is 55.2 Å². The molecule has 31 heavy (non-hydrogen) atoms. The van der Waals surface area contributed by atoms with Crippen LogP contribution in [0.2, 0.25) is 5.02 Å². The Hall–Kier alpha value is -2.84. The second kappa shape index (κ2) is 12.8. The summed E-state index contributed by atoms with van der Waals surface area (Å²) in [6, 6.07) is 7.97. The number of halogens is 3. The number of anilines is 2. The fraction of sp³-hybridized carbons (Fsp3) is 0.318. The first-order valence-corrected chi connectivity index (χ1v) is 9.79. The van der Waals surface area contributed by atoms with Gasteiger partial charge in [0.25, 0.3) is 5.91 Å². The molecule has 0 spiro atoms. The summed E-state index contributed by atoms with van der Waals surface area (Å²) in [5.41, 5.74) is 0.892. The second-order valence-electron chi connectivity index (χ2n) is 6.88. The van der Waals surface area contributed by atoms with Gasteiger partial charge in [-0.25, -0.2) is 8.78 Å². The van der Waals surface area contributed by atoms with Crippen LogP contribution < -0.4 is 10.2 Å². The Morgan fingerprint density at radius 3 is 2.42 bits per heavy atom. The van der Waals surface area contributed by atoms with Crippen LogP contribution in [0.1, 0.15) is 30.1 Å². The predicted octanol–water partition coefficient (Wildman–Crippen LogP) is 4.10. The maximum Gasteiger partial charge on any atom is 0.255 e. The molecule has 2 aromatic carbocycles. The molecule has 0 aliphatic carbocycles. The molecule has 6 nitrogen and oxygen atoms in total. The number of aliphatic hydroxyl groups is 1. The number of hydrogen-bond acceptors (Lipinski definition) is 5. The van der Waals surface area contributed by atoms with Gasteiger partial charge in [0.05, 0.1) is 16.8 Å². The van der Waals surface area contributed by atoms with E-state index in [1.807, 2.05) is 20.5 Å². The molecule has 1 unspecified atom stereocenters. The molecule has 2 aromatic rings. The van der Waals surface area contributed by atoms with Crippen LogP contribution in [0.3, 0.4) is 0 Å². The molecule has 9 heteroatoms. The van der Waals surface area contributed by atoms with Crippen molar-refractivity contribution in [2.24, 2.45) is 5.92 Å². The van der Waals surface area contributed by atoms with Crippen molar-refractivity contribution >= 4 is 42.5 Å². The Kier molecular flexibility index (Phi) is 10.8. The zero-order valence-electron chi connectivity index (χ0n) is 17.1. The van der Waals surface area contributed by atoms with Gasteiger partial charge in [0, 0.05) is 24.3 Å². The highest BCUT2D eigenvalue weighted by Gasteiger charge is 2.24. The molecular formula is C22H25ClF2N2O4. The molecule has 168 valence electrons. The SMILES string of the molecule is C=O.C=O.CC1CCCN(c2cc(C(=O)Nc3ccc(F)c(Cl)c3)ccc2F)C[C@@H]1O. The van der Waals surface area contributed by atoms with Crippen LogP contribution in [0.15, 0.2) is 36.4 Å². The van der Waals surface area contributed by atoms with Crippen molar-refractivity contribution in [1.82, 2.24) is 0 Å². The summed E-state index contributed by atoms with van der Waals surface area (Å²) in [5, 5.41) is 12.7. The van der Waals surface area contributed by atoms with Gasteiger partial charge in [-0.15, -0.1) is 0 Å². The highest BCUT2D eigenvalue weighted by molar-refractivity contribution is 6.31. The molecule has 1 aliphatic heterocycles. The van der Waals surface area contributed by atoms with Crippen LogP contribution >= 0.6 is 11.6 Å². The summed E-state index contributed by atoms with van der Waals surface area (Å²) < 4.78 is 27.6. The predicted molar refractivity (Wildman–Crippen MR) is 117 cm³/mol. The summed E-state index contributed by atoms with van der Waals surface area (Å²) in [4.78, 5) is 30.3. The van der Waals surface area contributed by atoms with Crippen molar-refractivity contribution in [3.63, 3.8) is 0 Å². The average molecular weight is 455 g/mol. The third-order valence-corrected chi connectivity index (χ3v) is 5.17. The molecular weight excluding hydrogens is 430 g/mol. The van der Waals surface area contributed by atoms with E-state index in [0.717, 1.165) is 18.9 Å². The Morgan fingerprint density at radius 2 is 1.77 bits per heavy atom. The number of carbonyl (C=O) groups is 3. The van der Waals surface area contributed by atoms with Crippen molar-refractivity contribution in [1.29, 1.82) is 0 Å². The number of hydrogen-bond donors (Lipinski definition) is 2. The lowest BCUT2D eigenvalue weighted by Gasteiger charge is -2.26. The Labute approximate surface area is 184 Å². The first-order chi connectivity index (χ1) is 14.8. The molecule has 3 rings (SSSR count). The standard InChI is InChI=1S/C20H21ClF2N2O2.2CH2O/c1-12-3-2-8-25(11-19(12)26)18-9-13(4-6-17(18)23)20(27)24-14-5-7-16(22)15(21)10-14;2*1-2/h4-7,9-10,12,19,26H,2-3,8,11H2,1H3,(H,24,27);2*1H2/t12?,19-;;/m0../s1. The van der Waals surface area contributed by atoms with E-state index in [9.17, 15) is 18.7 Å². The Balaban J connectivity index is 0.00000113. The molecule has 1 saturated heterocycles. The van der Waals surface area contributed by atoms with E-state index in [-0.39, 0.29) is 22.2 Å². The van der Waals surface area contributed by atoms with E-state index < -0.39 is 23.6 Å². The summed E-state index contributed by atoms with van der Waals surface area (Å²) in [6.07, 6.45) is 1.15. The van der Waals surface area contributed by atoms with Gasteiger partial charge in [0.1, 0.15) is 25.2 Å². The quantitative estimate of drug-likeness (QED) is 0.729. The Morgan fingerprint density at radius 1 is 1.13 bits per heavy atom. The molecule has 1 heterocycles. The molecule has 0 saturated carbocycles. The summed E-state index contributed by atoms with van der Waals surface area (Å²) in [6.45, 7) is 6.90. The first kappa shape index (κ1) is 26.2. The topological polar surface area (TPSA) is 86.7 Å². The smallest absolute Gasteiger partial charge is 0.255 e. The number of benzene rings is 2. The highest BCUT2D eigenvalue weighted by atomic mass is 35.5. The van der Waals surface area contributed by atoms with Crippen LogP contribution in [0.5, 0.6) is 0 Å². The van der Waals surface area contributed by atoms with Crippen LogP contribution in [-0.2, 0) is 9.59 Å². The van der Waals surface area contributed by atoms with Gasteiger partial charge in [-0.1, -0.05) is 18.5 Å². The average Bonchev–Trinajstić information content (AvgIpc) is 2.94. The van der Waals surface area contributed by atoms with Crippen LogP contribution in [-0.4, -0.2) is 43.8 Å². The maximum atomic E-state index is 14.4. The third-order valence-electron chi connectivity index (χ3n) is 4.88. The normalized spacial score (nSPS) is 17.9. The number of rotatable bonds is 3. The van der Waals surface area contributed by atoms with Crippen LogP contribution in [0, 0.1) is 17.6 Å². The molecule has 0 bridgehead atoms. The second-order valence-corrected chi connectivity index (χ2v) is 7.29. The van der Waals surface area contributed by atoms with E-state index in [4.69, 9.17) is 21.2 Å². The van der Waals surface area contributed by atoms with Gasteiger partial charge >= 0.3 is 0 Å². The molecule has 2 atom stereocenters. The van der Waals surface area contributed by atoms with E-state index in [1.54, 1.807) is 4.90 Å². The van der Waals surface area contributed by atoms with Gasteiger partial charge in [0.2, 0.25) is 0 Å². The van der Waals surface area contributed by atoms with Crippen LogP contribution in [0.25, 0.3) is 0 Å². The minimum Gasteiger partial charge on any atom is -0.391 e. The number of carbonyl (C=O) groups excluding carboxylic acids is 3. The largest absolute Gasteiger partial charge is 0.391 e. The zero-order valence-corrected chi connectivity index (χ0v) is 17.9. The van der Waals surface area contributed by atoms with E-state index in [1.165, 1.54) is 30.3 Å². The summed E-state index contributed by atoms with van der Waals surface area (Å²) in [5.74, 6) is -1.33. The summed E-state index contributed by atoms with van der Waals surface area (Å²) >= 11 is 5.73. The number of nitrogens with zero attached hydrogens (tertiary/aromatic N) is 1. The monoisotopic (exact) mass is 454 g/mol. The minimum atomic E-state index is -0.576. The lowest BCUT2D eigenvalue weighted by molar-refractivity contribution is -0.0987. The minimum absolute atomic E-state index is 0.0970. The van der Waals surface area contributed by atoms with Crippen molar-refractivity contribution in [2.45, 2.75) is 25.9 Å². The zero-order chi connectivity index (χ0) is 23.6. The van der Waals surface area contributed by atoms with Gasteiger partial charge in [-0.2, -0.15) is 0 Å². The number of β-amino-alcohol motifs (C(OH)–C–C–N with tert-alkyl or cyclic N) is 1. The van der Waals surface area contributed by atoms with Gasteiger partial charge < -0.3 is 24.9 Å². The van der Waals surface area contributed by atoms with E-state index in [2.05, 4.69) is 5.32 Å². The van der Waals surface area contributed by atoms with Crippen molar-refractivity contribution in [3.05, 3.63) is 58.6 Å². The van der Waals surface area contributed by atoms with Gasteiger partial charge in [0.15, 0.2) is 0 Å². The number of amides is 1. The number of nitrogens with one attached hydrogen (secondary N) is 1. The molecule has 1 amide bonds. The third kappa shape index (κ3) is 7.11. The summed E-state index contributed by atoms with van der Waals surface area (Å²) in [7, 11) is 0. The molecule has 2 N–H and O–H groups in total. The van der Waals surface area contributed by atoms with Crippen molar-refractivity contribution in [3.8, 4) is 0 Å². The molecule has 1 aliphatic rings. The molecule has 0 radical (unpaired) electrons. The van der Waals surface area contributed by atoms with E-state index in [0.29, 0.717) is 18.8 Å². The fourth-order valence-corrected chi connectivity index (χ4v) is 3.37. The van der Waals surface area contributed by atoms with Crippen molar-refractivity contribution < 1.29 is 28.3 Å². The lowest BCUT2D eigenvalue weighted by Crippen LogP contribution is -2.34. The van der Waals surface area contributed by atoms with E-state index >= 15 is 0 Å². The first-order valence-electron chi connectivity index (χ1n) is 9.42. The van der Waals surface area contributed by atoms with Crippen LogP contribution in [0.4, 0.5) is 20.2 Å². The molecule has 0 aromatic heterocycles. The van der Waals surface area contributed by atoms with Gasteiger partial charge in [-0.3, -0.25) is 4.79 Å². The van der Waals surface area contributed by atoms with Crippen molar-refractivity contribution in [2.75, 3.05) is 23.3 Å².